The van der Waals surface area contributed by atoms with Crippen molar-refractivity contribution < 1.29 is 14.4 Å². The number of aryl methyl sites for hydroxylation is 1. The molecule has 1 aliphatic rings. The van der Waals surface area contributed by atoms with E-state index in [4.69, 9.17) is 5.26 Å². The Hall–Kier alpha value is -3.66. The average Bonchev–Trinajstić information content (AvgIpc) is 2.84. The van der Waals surface area contributed by atoms with E-state index in [1.807, 2.05) is 61.5 Å². The van der Waals surface area contributed by atoms with Gasteiger partial charge >= 0.3 is 0 Å². The summed E-state index contributed by atoms with van der Waals surface area (Å²) in [6.45, 7) is 3.33. The highest BCUT2D eigenvalue weighted by Crippen LogP contribution is 2.18. The van der Waals surface area contributed by atoms with Crippen LogP contribution in [0.4, 0.5) is 5.69 Å². The van der Waals surface area contributed by atoms with Crippen LogP contribution >= 0.6 is 0 Å². The van der Waals surface area contributed by atoms with Gasteiger partial charge in [-0.2, -0.15) is 5.26 Å². The van der Waals surface area contributed by atoms with Crippen molar-refractivity contribution in [1.29, 1.82) is 5.26 Å². The highest BCUT2D eigenvalue weighted by atomic mass is 16.2. The number of amides is 3. The second-order valence-electron chi connectivity index (χ2n) is 8.23. The molecule has 3 rings (SSSR count). The summed E-state index contributed by atoms with van der Waals surface area (Å²) in [5, 5.41) is 12.0. The van der Waals surface area contributed by atoms with Crippen molar-refractivity contribution in [3.8, 4) is 6.07 Å². The lowest BCUT2D eigenvalue weighted by molar-refractivity contribution is -0.134. The van der Waals surface area contributed by atoms with E-state index in [9.17, 15) is 14.4 Å². The zero-order valence-electron chi connectivity index (χ0n) is 19.0. The monoisotopic (exact) mass is 446 g/mol. The normalized spacial score (nSPS) is 13.8. The van der Waals surface area contributed by atoms with Crippen molar-refractivity contribution in [3.05, 3.63) is 65.7 Å². The second kappa shape index (κ2) is 11.8. The van der Waals surface area contributed by atoms with E-state index in [1.165, 1.54) is 0 Å². The number of anilines is 1. The van der Waals surface area contributed by atoms with E-state index in [2.05, 4.69) is 11.4 Å². The minimum atomic E-state index is -0.162. The number of carbonyl (C=O) groups is 3. The van der Waals surface area contributed by atoms with Gasteiger partial charge in [0.1, 0.15) is 0 Å². The lowest BCUT2D eigenvalue weighted by Crippen LogP contribution is -2.46. The molecule has 0 aliphatic carbocycles. The molecular weight excluding hydrogens is 416 g/mol. The van der Waals surface area contributed by atoms with Crippen molar-refractivity contribution >= 4 is 23.4 Å². The van der Waals surface area contributed by atoms with E-state index in [-0.39, 0.29) is 43.0 Å². The first-order valence-electron chi connectivity index (χ1n) is 11.4. The highest BCUT2D eigenvalue weighted by Gasteiger charge is 2.25. The maximum Gasteiger partial charge on any atom is 0.251 e. The standard InChI is InChI=1S/C26H30N4O3/c1-20-8-5-6-11-23(20)26(33)28-21-14-18-29(19-15-21)24(31)12-13-25(32)30(17-7-16-27)22-9-3-2-4-10-22/h2-6,8-11,21H,7,12-15,17-19H2,1H3,(H,28,33). The lowest BCUT2D eigenvalue weighted by Gasteiger charge is -2.32. The van der Waals surface area contributed by atoms with Crippen molar-refractivity contribution in [3.63, 3.8) is 0 Å². The molecule has 0 atom stereocenters. The molecule has 0 bridgehead atoms. The van der Waals surface area contributed by atoms with Crippen LogP contribution in [0.2, 0.25) is 0 Å². The summed E-state index contributed by atoms with van der Waals surface area (Å²) in [6.07, 6.45) is 1.85. The molecule has 2 aromatic rings. The Morgan fingerprint density at radius 2 is 1.70 bits per heavy atom. The van der Waals surface area contributed by atoms with Gasteiger partial charge in [-0.15, -0.1) is 0 Å². The van der Waals surface area contributed by atoms with Gasteiger partial charge in [-0.05, 0) is 43.5 Å². The van der Waals surface area contributed by atoms with Crippen molar-refractivity contribution in [2.24, 2.45) is 0 Å². The first-order chi connectivity index (χ1) is 16.0. The minimum absolute atomic E-state index is 0.0299. The second-order valence-corrected chi connectivity index (χ2v) is 8.23. The van der Waals surface area contributed by atoms with E-state index < -0.39 is 0 Å². The van der Waals surface area contributed by atoms with Gasteiger partial charge in [0.05, 0.1) is 12.5 Å². The van der Waals surface area contributed by atoms with Crippen molar-refractivity contribution in [2.45, 2.75) is 45.1 Å². The van der Waals surface area contributed by atoms with Gasteiger partial charge in [-0.1, -0.05) is 36.4 Å². The van der Waals surface area contributed by atoms with Crippen molar-refractivity contribution in [1.82, 2.24) is 10.2 Å². The van der Waals surface area contributed by atoms with Crippen LogP contribution in [0, 0.1) is 18.3 Å². The highest BCUT2D eigenvalue weighted by molar-refractivity contribution is 5.96. The zero-order valence-corrected chi connectivity index (χ0v) is 19.0. The number of nitrogens with zero attached hydrogens (tertiary/aromatic N) is 3. The summed E-state index contributed by atoms with van der Waals surface area (Å²) in [5.41, 5.74) is 2.34. The van der Waals surface area contributed by atoms with Gasteiger partial charge in [0.25, 0.3) is 5.91 Å². The van der Waals surface area contributed by atoms with Crippen LogP contribution in [-0.2, 0) is 9.59 Å². The maximum atomic E-state index is 12.8. The third kappa shape index (κ3) is 6.66. The van der Waals surface area contributed by atoms with Gasteiger partial charge in [-0.3, -0.25) is 14.4 Å². The molecule has 2 aromatic carbocycles. The number of piperidine rings is 1. The molecule has 7 nitrogen and oxygen atoms in total. The molecule has 1 N–H and O–H groups in total. The number of benzene rings is 2. The molecule has 0 unspecified atom stereocenters. The zero-order chi connectivity index (χ0) is 23.6. The molecule has 0 radical (unpaired) electrons. The number of hydrogen-bond acceptors (Lipinski definition) is 4. The number of likely N-dealkylation sites (tertiary alicyclic amines) is 1. The van der Waals surface area contributed by atoms with Crippen molar-refractivity contribution in [2.75, 3.05) is 24.5 Å². The van der Waals surface area contributed by atoms with Crippen LogP contribution < -0.4 is 10.2 Å². The van der Waals surface area contributed by atoms with Crippen LogP contribution in [-0.4, -0.2) is 48.3 Å². The molecule has 1 fully saturated rings. The summed E-state index contributed by atoms with van der Waals surface area (Å²) in [6, 6.07) is 18.8. The van der Waals surface area contributed by atoms with Gasteiger partial charge in [0, 0.05) is 49.8 Å². The van der Waals surface area contributed by atoms with Gasteiger partial charge in [0.15, 0.2) is 0 Å². The molecule has 172 valence electrons. The molecular formula is C26H30N4O3. The fraction of sp³-hybridized carbons (Fsp3) is 0.385. The third-order valence-electron chi connectivity index (χ3n) is 5.94. The number of para-hydroxylation sites is 1. The molecule has 7 heteroatoms. The Labute approximate surface area is 195 Å². The van der Waals surface area contributed by atoms with E-state index in [0.29, 0.717) is 38.0 Å². The molecule has 1 heterocycles. The molecule has 1 saturated heterocycles. The minimum Gasteiger partial charge on any atom is -0.349 e. The molecule has 0 spiro atoms. The Morgan fingerprint density at radius 1 is 1.03 bits per heavy atom. The van der Waals surface area contributed by atoms with Gasteiger partial charge in [0.2, 0.25) is 11.8 Å². The molecule has 1 aliphatic heterocycles. The molecule has 0 saturated carbocycles. The molecule has 33 heavy (non-hydrogen) atoms. The number of nitrogens with one attached hydrogen (secondary N) is 1. The Kier molecular flexibility index (Phi) is 8.59. The summed E-state index contributed by atoms with van der Waals surface area (Å²) in [4.78, 5) is 41.3. The third-order valence-corrected chi connectivity index (χ3v) is 5.94. The summed E-state index contributed by atoms with van der Waals surface area (Å²) < 4.78 is 0. The lowest BCUT2D eigenvalue weighted by atomic mass is 10.0. The maximum absolute atomic E-state index is 12.8. The quantitative estimate of drug-likeness (QED) is 0.672. The van der Waals surface area contributed by atoms with Gasteiger partial charge < -0.3 is 15.1 Å². The number of hydrogen-bond donors (Lipinski definition) is 1. The van der Waals surface area contributed by atoms with Crippen LogP contribution in [0.15, 0.2) is 54.6 Å². The Bertz CT molecular complexity index is 1010. The number of nitriles is 1. The van der Waals surface area contributed by atoms with Gasteiger partial charge in [-0.25, -0.2) is 0 Å². The number of carbonyl (C=O) groups excluding carboxylic acids is 3. The predicted octanol–water partition coefficient (Wildman–Crippen LogP) is 3.44. The van der Waals surface area contributed by atoms with Crippen LogP contribution in [0.1, 0.15) is 48.0 Å². The first kappa shape index (κ1) is 24.0. The van der Waals surface area contributed by atoms with Crippen LogP contribution in [0.5, 0.6) is 0 Å². The SMILES string of the molecule is Cc1ccccc1C(=O)NC1CCN(C(=O)CCC(=O)N(CCC#N)c2ccccc2)CC1. The summed E-state index contributed by atoms with van der Waals surface area (Å²) in [5.74, 6) is -0.299. The summed E-state index contributed by atoms with van der Waals surface area (Å²) >= 11 is 0. The fourth-order valence-electron chi connectivity index (χ4n) is 4.04. The Balaban J connectivity index is 1.46. The van der Waals surface area contributed by atoms with E-state index in [0.717, 1.165) is 11.3 Å². The Morgan fingerprint density at radius 3 is 2.36 bits per heavy atom. The largest absolute Gasteiger partial charge is 0.349 e. The molecule has 3 amide bonds. The topological polar surface area (TPSA) is 93.5 Å². The average molecular weight is 447 g/mol. The molecule has 0 aromatic heterocycles. The van der Waals surface area contributed by atoms with Crippen LogP contribution in [0.3, 0.4) is 0 Å². The number of rotatable bonds is 8. The van der Waals surface area contributed by atoms with E-state index >= 15 is 0 Å². The summed E-state index contributed by atoms with van der Waals surface area (Å²) in [7, 11) is 0. The fourth-order valence-corrected chi connectivity index (χ4v) is 4.04. The smallest absolute Gasteiger partial charge is 0.251 e. The predicted molar refractivity (Wildman–Crippen MR) is 127 cm³/mol. The van der Waals surface area contributed by atoms with Crippen LogP contribution in [0.25, 0.3) is 0 Å². The van der Waals surface area contributed by atoms with E-state index in [1.54, 1.807) is 9.80 Å². The first-order valence-corrected chi connectivity index (χ1v) is 11.4.